The predicted octanol–water partition coefficient (Wildman–Crippen LogP) is 5.82. The van der Waals surface area contributed by atoms with Gasteiger partial charge < -0.3 is 19.7 Å². The van der Waals surface area contributed by atoms with Gasteiger partial charge in [0, 0.05) is 42.8 Å². The summed E-state index contributed by atoms with van der Waals surface area (Å²) in [6.45, 7) is 5.81. The van der Waals surface area contributed by atoms with Crippen LogP contribution in [0.15, 0.2) is 73.2 Å². The van der Waals surface area contributed by atoms with E-state index < -0.39 is 0 Å². The van der Waals surface area contributed by atoms with E-state index in [1.807, 2.05) is 59.5 Å². The lowest BCUT2D eigenvalue weighted by molar-refractivity contribution is -0.00545. The maximum absolute atomic E-state index is 6.45. The summed E-state index contributed by atoms with van der Waals surface area (Å²) in [5, 5.41) is 8.29. The Kier molecular flexibility index (Phi) is 6.03. The van der Waals surface area contributed by atoms with Gasteiger partial charge in [-0.05, 0) is 44.9 Å². The summed E-state index contributed by atoms with van der Waals surface area (Å²) >= 11 is 0. The summed E-state index contributed by atoms with van der Waals surface area (Å²) in [6, 6.07) is 18.4. The summed E-state index contributed by atoms with van der Waals surface area (Å²) in [7, 11) is 0. The van der Waals surface area contributed by atoms with Gasteiger partial charge in [-0.2, -0.15) is 5.10 Å². The molecule has 8 heteroatoms. The summed E-state index contributed by atoms with van der Waals surface area (Å²) in [5.41, 5.74) is 2.75. The highest BCUT2D eigenvalue weighted by Gasteiger charge is 2.27. The highest BCUT2D eigenvalue weighted by molar-refractivity contribution is 5.69. The van der Waals surface area contributed by atoms with Crippen LogP contribution in [0.25, 0.3) is 11.3 Å². The van der Waals surface area contributed by atoms with Gasteiger partial charge in [-0.3, -0.25) is 4.68 Å². The average Bonchev–Trinajstić information content (AvgIpc) is 3.65. The fraction of sp³-hybridized carbons (Fsp3) is 0.321. The van der Waals surface area contributed by atoms with Gasteiger partial charge in [0.15, 0.2) is 17.3 Å². The number of nitrogens with zero attached hydrogens (tertiary/aromatic N) is 5. The van der Waals surface area contributed by atoms with Gasteiger partial charge in [0.25, 0.3) is 0 Å². The minimum absolute atomic E-state index is 0.165. The number of hydrogen-bond donors (Lipinski definition) is 1. The number of aromatic nitrogens is 4. The molecule has 1 saturated carbocycles. The van der Waals surface area contributed by atoms with E-state index in [-0.39, 0.29) is 12.2 Å². The first-order valence-electron chi connectivity index (χ1n) is 12.5. The van der Waals surface area contributed by atoms with Crippen molar-refractivity contribution in [1.29, 1.82) is 0 Å². The Morgan fingerprint density at radius 2 is 1.72 bits per heavy atom. The van der Waals surface area contributed by atoms with Crippen molar-refractivity contribution in [3.63, 3.8) is 0 Å². The third-order valence-electron chi connectivity index (χ3n) is 6.41. The SMILES string of the molecule is C[C@@H]1CN(c2cc(Nc3ncccc3Oc3cn(C4CC4)nc3-c3ccccc3)ccn2)C[C@H](C)O1. The molecule has 1 aromatic carbocycles. The van der Waals surface area contributed by atoms with Crippen LogP contribution in [-0.4, -0.2) is 45.0 Å². The van der Waals surface area contributed by atoms with Crippen molar-refractivity contribution in [2.24, 2.45) is 0 Å². The lowest BCUT2D eigenvalue weighted by Gasteiger charge is -2.36. The molecule has 0 bridgehead atoms. The highest BCUT2D eigenvalue weighted by atomic mass is 16.5. The Morgan fingerprint density at radius 1 is 0.917 bits per heavy atom. The van der Waals surface area contributed by atoms with Crippen LogP contribution in [0.2, 0.25) is 0 Å². The number of nitrogens with one attached hydrogen (secondary N) is 1. The van der Waals surface area contributed by atoms with Crippen molar-refractivity contribution in [2.45, 2.75) is 44.9 Å². The van der Waals surface area contributed by atoms with E-state index in [9.17, 15) is 0 Å². The normalized spacial score (nSPS) is 19.8. The molecule has 2 fully saturated rings. The lowest BCUT2D eigenvalue weighted by Crippen LogP contribution is -2.45. The second kappa shape index (κ2) is 9.62. The summed E-state index contributed by atoms with van der Waals surface area (Å²) < 4.78 is 14.4. The van der Waals surface area contributed by atoms with E-state index in [0.717, 1.165) is 54.4 Å². The molecule has 36 heavy (non-hydrogen) atoms. The molecule has 1 saturated heterocycles. The van der Waals surface area contributed by atoms with Crippen LogP contribution in [-0.2, 0) is 4.74 Å². The number of anilines is 3. The van der Waals surface area contributed by atoms with E-state index in [4.69, 9.17) is 14.6 Å². The quantitative estimate of drug-likeness (QED) is 0.355. The maximum Gasteiger partial charge on any atom is 0.173 e. The number of morpholine rings is 1. The standard InChI is InChI=1S/C28H30N6O2/c1-19-16-33(17-20(2)35-19)26-15-22(12-14-29-26)31-28-24(9-6-13-30-28)36-25-18-34(23-10-11-23)32-27(25)21-7-4-3-5-8-21/h3-9,12-15,18-20,23H,10-11,16-17H2,1-2H3,(H,29,30,31)/t19-,20+. The number of rotatable bonds is 7. The molecule has 1 aliphatic heterocycles. The van der Waals surface area contributed by atoms with Crippen molar-refractivity contribution < 1.29 is 9.47 Å². The number of ether oxygens (including phenoxy) is 2. The summed E-state index contributed by atoms with van der Waals surface area (Å²) in [5.74, 6) is 2.90. The third-order valence-corrected chi connectivity index (χ3v) is 6.41. The van der Waals surface area contributed by atoms with Crippen LogP contribution < -0.4 is 15.0 Å². The number of benzene rings is 1. The molecular formula is C28H30N6O2. The molecule has 3 aromatic heterocycles. The first kappa shape index (κ1) is 22.5. The average molecular weight is 483 g/mol. The minimum atomic E-state index is 0.165. The number of pyridine rings is 2. The topological polar surface area (TPSA) is 77.3 Å². The Balaban J connectivity index is 1.27. The zero-order valence-electron chi connectivity index (χ0n) is 20.5. The molecule has 2 aliphatic rings. The largest absolute Gasteiger partial charge is 0.449 e. The molecule has 4 aromatic rings. The highest BCUT2D eigenvalue weighted by Crippen LogP contribution is 2.40. The van der Waals surface area contributed by atoms with Crippen molar-refractivity contribution >= 4 is 17.3 Å². The Bertz CT molecular complexity index is 1330. The second-order valence-corrected chi connectivity index (χ2v) is 9.56. The fourth-order valence-electron chi connectivity index (χ4n) is 4.63. The van der Waals surface area contributed by atoms with Crippen molar-refractivity contribution in [1.82, 2.24) is 19.7 Å². The summed E-state index contributed by atoms with van der Waals surface area (Å²) in [6.07, 6.45) is 8.21. The van der Waals surface area contributed by atoms with Crippen molar-refractivity contribution in [3.05, 3.63) is 73.2 Å². The molecule has 0 radical (unpaired) electrons. The second-order valence-electron chi connectivity index (χ2n) is 9.56. The van der Waals surface area contributed by atoms with E-state index in [0.29, 0.717) is 17.6 Å². The molecule has 2 atom stereocenters. The lowest BCUT2D eigenvalue weighted by atomic mass is 10.1. The van der Waals surface area contributed by atoms with E-state index in [2.05, 4.69) is 46.2 Å². The van der Waals surface area contributed by atoms with Crippen LogP contribution in [0.5, 0.6) is 11.5 Å². The third kappa shape index (κ3) is 4.90. The van der Waals surface area contributed by atoms with Gasteiger partial charge in [0.05, 0.1) is 24.4 Å². The molecule has 4 heterocycles. The van der Waals surface area contributed by atoms with Crippen LogP contribution >= 0.6 is 0 Å². The molecule has 1 aliphatic carbocycles. The van der Waals surface area contributed by atoms with Gasteiger partial charge in [-0.1, -0.05) is 30.3 Å². The molecular weight excluding hydrogens is 452 g/mol. The molecule has 0 unspecified atom stereocenters. The van der Waals surface area contributed by atoms with E-state index in [1.54, 1.807) is 6.20 Å². The summed E-state index contributed by atoms with van der Waals surface area (Å²) in [4.78, 5) is 11.4. The van der Waals surface area contributed by atoms with Crippen LogP contribution in [0.3, 0.4) is 0 Å². The number of hydrogen-bond acceptors (Lipinski definition) is 7. The van der Waals surface area contributed by atoms with Crippen molar-refractivity contribution in [2.75, 3.05) is 23.3 Å². The molecule has 6 rings (SSSR count). The zero-order chi connectivity index (χ0) is 24.5. The van der Waals surface area contributed by atoms with Gasteiger partial charge in [0.1, 0.15) is 11.5 Å². The minimum Gasteiger partial charge on any atom is -0.449 e. The monoisotopic (exact) mass is 482 g/mol. The van der Waals surface area contributed by atoms with Gasteiger partial charge >= 0.3 is 0 Å². The molecule has 1 N–H and O–H groups in total. The first-order chi connectivity index (χ1) is 17.6. The van der Waals surface area contributed by atoms with Crippen LogP contribution in [0, 0.1) is 0 Å². The predicted molar refractivity (Wildman–Crippen MR) is 140 cm³/mol. The Labute approximate surface area is 210 Å². The fourth-order valence-corrected chi connectivity index (χ4v) is 4.63. The smallest absolute Gasteiger partial charge is 0.173 e. The molecule has 0 amide bonds. The van der Waals surface area contributed by atoms with Crippen LogP contribution in [0.4, 0.5) is 17.3 Å². The molecule has 0 spiro atoms. The van der Waals surface area contributed by atoms with Crippen molar-refractivity contribution in [3.8, 4) is 22.8 Å². The molecule has 184 valence electrons. The molecule has 8 nitrogen and oxygen atoms in total. The Morgan fingerprint density at radius 3 is 2.50 bits per heavy atom. The first-order valence-corrected chi connectivity index (χ1v) is 12.5. The van der Waals surface area contributed by atoms with Gasteiger partial charge in [-0.25, -0.2) is 9.97 Å². The van der Waals surface area contributed by atoms with Gasteiger partial charge in [0.2, 0.25) is 0 Å². The zero-order valence-corrected chi connectivity index (χ0v) is 20.5. The van der Waals surface area contributed by atoms with Crippen LogP contribution in [0.1, 0.15) is 32.7 Å². The van der Waals surface area contributed by atoms with Gasteiger partial charge in [-0.15, -0.1) is 0 Å². The Hall–Kier alpha value is -3.91. The van der Waals surface area contributed by atoms with E-state index in [1.165, 1.54) is 0 Å². The maximum atomic E-state index is 6.45. The van der Waals surface area contributed by atoms with E-state index >= 15 is 0 Å².